The average molecular weight is 289 g/mol. The Balaban J connectivity index is 1.72. The summed E-state index contributed by atoms with van der Waals surface area (Å²) in [7, 11) is 0. The molecule has 0 radical (unpaired) electrons. The van der Waals surface area contributed by atoms with Crippen LogP contribution in [-0.2, 0) is 6.42 Å². The van der Waals surface area contributed by atoms with Crippen LogP contribution in [0.3, 0.4) is 0 Å². The van der Waals surface area contributed by atoms with Gasteiger partial charge in [0.1, 0.15) is 5.69 Å². The summed E-state index contributed by atoms with van der Waals surface area (Å²) in [6.45, 7) is 5.23. The van der Waals surface area contributed by atoms with Gasteiger partial charge >= 0.3 is 0 Å². The van der Waals surface area contributed by atoms with Crippen molar-refractivity contribution in [3.63, 3.8) is 0 Å². The lowest BCUT2D eigenvalue weighted by atomic mass is 9.97. The minimum Gasteiger partial charge on any atom is -0.339 e. The zero-order chi connectivity index (χ0) is 14.8. The first kappa shape index (κ1) is 13.8. The van der Waals surface area contributed by atoms with E-state index in [0.29, 0.717) is 24.0 Å². The molecule has 21 heavy (non-hydrogen) atoms. The molecular formula is C14H19N5O2. The average Bonchev–Trinajstić information content (AvgIpc) is 3.15. The number of carbonyl (C=O) groups is 1. The molecule has 1 fully saturated rings. The van der Waals surface area contributed by atoms with Gasteiger partial charge in [-0.25, -0.2) is 0 Å². The first-order valence-electron chi connectivity index (χ1n) is 7.31. The van der Waals surface area contributed by atoms with Gasteiger partial charge in [0.25, 0.3) is 5.91 Å². The summed E-state index contributed by atoms with van der Waals surface area (Å²) in [6, 6.07) is 1.77. The number of rotatable bonds is 3. The standard InChI is InChI=1S/C14H19N5O2/c1-3-12-15-13(18-21-12)10-5-4-6-19(8-10)14(20)11-7-9(2)16-17-11/h7,10H,3-6,8H2,1-2H3,(H,16,17)/t10-/m1/s1. The Morgan fingerprint density at radius 1 is 1.57 bits per heavy atom. The molecule has 112 valence electrons. The predicted molar refractivity (Wildman–Crippen MR) is 74.9 cm³/mol. The summed E-state index contributed by atoms with van der Waals surface area (Å²) in [5.41, 5.74) is 1.35. The number of hydrogen-bond acceptors (Lipinski definition) is 5. The normalized spacial score (nSPS) is 19.0. The van der Waals surface area contributed by atoms with Gasteiger partial charge in [0.15, 0.2) is 5.82 Å². The van der Waals surface area contributed by atoms with E-state index in [1.807, 2.05) is 18.7 Å². The van der Waals surface area contributed by atoms with Gasteiger partial charge in [-0.1, -0.05) is 12.1 Å². The van der Waals surface area contributed by atoms with Crippen molar-refractivity contribution in [3.05, 3.63) is 29.2 Å². The summed E-state index contributed by atoms with van der Waals surface area (Å²) >= 11 is 0. The van der Waals surface area contributed by atoms with Crippen molar-refractivity contribution in [2.75, 3.05) is 13.1 Å². The van der Waals surface area contributed by atoms with Crippen molar-refractivity contribution in [1.82, 2.24) is 25.2 Å². The van der Waals surface area contributed by atoms with Crippen LogP contribution in [0.25, 0.3) is 0 Å². The lowest BCUT2D eigenvalue weighted by Crippen LogP contribution is -2.39. The molecule has 1 aliphatic rings. The lowest BCUT2D eigenvalue weighted by Gasteiger charge is -2.30. The quantitative estimate of drug-likeness (QED) is 0.928. The van der Waals surface area contributed by atoms with E-state index in [1.54, 1.807) is 6.07 Å². The number of hydrogen-bond donors (Lipinski definition) is 1. The molecule has 0 bridgehead atoms. The molecule has 0 unspecified atom stereocenters. The lowest BCUT2D eigenvalue weighted by molar-refractivity contribution is 0.0697. The van der Waals surface area contributed by atoms with Gasteiger partial charge in [-0.2, -0.15) is 10.1 Å². The number of piperidine rings is 1. The minimum atomic E-state index is -0.0386. The fraction of sp³-hybridized carbons (Fsp3) is 0.571. The third-order valence-corrected chi connectivity index (χ3v) is 3.79. The van der Waals surface area contributed by atoms with Gasteiger partial charge in [0, 0.05) is 31.1 Å². The monoisotopic (exact) mass is 289 g/mol. The summed E-state index contributed by atoms with van der Waals surface area (Å²) in [5, 5.41) is 10.9. The second kappa shape index (κ2) is 5.67. The molecule has 7 nitrogen and oxygen atoms in total. The maximum absolute atomic E-state index is 12.4. The van der Waals surface area contributed by atoms with Crippen LogP contribution in [0.1, 0.15) is 53.6 Å². The van der Waals surface area contributed by atoms with Gasteiger partial charge in [-0.3, -0.25) is 9.89 Å². The molecule has 0 aromatic carbocycles. The van der Waals surface area contributed by atoms with Crippen LogP contribution in [0.4, 0.5) is 0 Å². The second-order valence-corrected chi connectivity index (χ2v) is 5.43. The summed E-state index contributed by atoms with van der Waals surface area (Å²) in [6.07, 6.45) is 2.65. The molecule has 0 aliphatic carbocycles. The predicted octanol–water partition coefficient (Wildman–Crippen LogP) is 1.68. The Labute approximate surface area is 122 Å². The van der Waals surface area contributed by atoms with Gasteiger partial charge in [-0.15, -0.1) is 0 Å². The van der Waals surface area contributed by atoms with E-state index in [4.69, 9.17) is 4.52 Å². The van der Waals surface area contributed by atoms with Crippen LogP contribution in [-0.4, -0.2) is 44.2 Å². The summed E-state index contributed by atoms with van der Waals surface area (Å²) in [5.74, 6) is 1.47. The number of aromatic nitrogens is 4. The highest BCUT2D eigenvalue weighted by molar-refractivity contribution is 5.92. The number of nitrogens with zero attached hydrogens (tertiary/aromatic N) is 4. The van der Waals surface area contributed by atoms with Crippen molar-refractivity contribution in [2.24, 2.45) is 0 Å². The van der Waals surface area contributed by atoms with Crippen LogP contribution in [0.5, 0.6) is 0 Å². The molecule has 0 spiro atoms. The van der Waals surface area contributed by atoms with E-state index in [-0.39, 0.29) is 11.8 Å². The first-order chi connectivity index (χ1) is 10.2. The molecule has 1 N–H and O–H groups in total. The van der Waals surface area contributed by atoms with E-state index in [1.165, 1.54) is 0 Å². The van der Waals surface area contributed by atoms with Crippen molar-refractivity contribution >= 4 is 5.91 Å². The fourth-order valence-electron chi connectivity index (χ4n) is 2.64. The highest BCUT2D eigenvalue weighted by atomic mass is 16.5. The van der Waals surface area contributed by atoms with Crippen molar-refractivity contribution < 1.29 is 9.32 Å². The Bertz CT molecular complexity index is 633. The molecule has 3 rings (SSSR count). The van der Waals surface area contributed by atoms with Crippen molar-refractivity contribution in [3.8, 4) is 0 Å². The zero-order valence-electron chi connectivity index (χ0n) is 12.3. The number of nitrogens with one attached hydrogen (secondary N) is 1. The zero-order valence-corrected chi connectivity index (χ0v) is 12.3. The minimum absolute atomic E-state index is 0.0386. The highest BCUT2D eigenvalue weighted by Gasteiger charge is 2.29. The molecule has 2 aromatic rings. The third kappa shape index (κ3) is 2.81. The first-order valence-corrected chi connectivity index (χ1v) is 7.31. The fourth-order valence-corrected chi connectivity index (χ4v) is 2.64. The third-order valence-electron chi connectivity index (χ3n) is 3.79. The van der Waals surface area contributed by atoms with Crippen LogP contribution < -0.4 is 0 Å². The van der Waals surface area contributed by atoms with Crippen LogP contribution in [0, 0.1) is 6.92 Å². The number of carbonyl (C=O) groups excluding carboxylic acids is 1. The molecule has 1 saturated heterocycles. The largest absolute Gasteiger partial charge is 0.339 e. The van der Waals surface area contributed by atoms with Gasteiger partial charge in [-0.05, 0) is 25.8 Å². The number of aryl methyl sites for hydroxylation is 2. The number of likely N-dealkylation sites (tertiary alicyclic amines) is 1. The molecule has 2 aromatic heterocycles. The van der Waals surface area contributed by atoms with Gasteiger partial charge < -0.3 is 9.42 Å². The van der Waals surface area contributed by atoms with Crippen molar-refractivity contribution in [1.29, 1.82) is 0 Å². The van der Waals surface area contributed by atoms with Crippen LogP contribution in [0.2, 0.25) is 0 Å². The number of H-pyrrole nitrogens is 1. The van der Waals surface area contributed by atoms with E-state index in [2.05, 4.69) is 20.3 Å². The van der Waals surface area contributed by atoms with Crippen LogP contribution >= 0.6 is 0 Å². The second-order valence-electron chi connectivity index (χ2n) is 5.43. The highest BCUT2D eigenvalue weighted by Crippen LogP contribution is 2.25. The smallest absolute Gasteiger partial charge is 0.274 e. The Morgan fingerprint density at radius 2 is 2.43 bits per heavy atom. The summed E-state index contributed by atoms with van der Waals surface area (Å²) in [4.78, 5) is 18.6. The number of aromatic amines is 1. The summed E-state index contributed by atoms with van der Waals surface area (Å²) < 4.78 is 5.17. The van der Waals surface area contributed by atoms with Crippen molar-refractivity contribution in [2.45, 2.75) is 39.0 Å². The molecule has 1 atom stereocenters. The van der Waals surface area contributed by atoms with E-state index >= 15 is 0 Å². The van der Waals surface area contributed by atoms with E-state index < -0.39 is 0 Å². The Hall–Kier alpha value is -2.18. The topological polar surface area (TPSA) is 87.9 Å². The molecular weight excluding hydrogens is 270 g/mol. The van der Waals surface area contributed by atoms with E-state index in [9.17, 15) is 4.79 Å². The molecule has 3 heterocycles. The maximum atomic E-state index is 12.4. The Morgan fingerprint density at radius 3 is 3.10 bits per heavy atom. The maximum Gasteiger partial charge on any atom is 0.274 e. The van der Waals surface area contributed by atoms with Gasteiger partial charge in [0.05, 0.1) is 0 Å². The molecule has 7 heteroatoms. The van der Waals surface area contributed by atoms with Crippen LogP contribution in [0.15, 0.2) is 10.6 Å². The molecule has 1 amide bonds. The molecule has 0 saturated carbocycles. The van der Waals surface area contributed by atoms with E-state index in [0.717, 1.165) is 31.5 Å². The number of amides is 1. The molecule has 1 aliphatic heterocycles. The Kier molecular flexibility index (Phi) is 3.72. The van der Waals surface area contributed by atoms with Gasteiger partial charge in [0.2, 0.25) is 5.89 Å². The SMILES string of the molecule is CCc1nc([C@@H]2CCCN(C(=O)c3cc(C)[nH]n3)C2)no1.